The maximum absolute atomic E-state index is 12.6. The lowest BCUT2D eigenvalue weighted by molar-refractivity contribution is 0.243. The van der Waals surface area contributed by atoms with Gasteiger partial charge in [0.15, 0.2) is 0 Å². The Balaban J connectivity index is 1.95. The number of aromatic nitrogens is 1. The molecule has 0 saturated heterocycles. The third kappa shape index (κ3) is 3.57. The highest BCUT2D eigenvalue weighted by atomic mass is 35.5. The van der Waals surface area contributed by atoms with Gasteiger partial charge in [-0.05, 0) is 61.2 Å². The lowest BCUT2D eigenvalue weighted by Gasteiger charge is -2.11. The molecule has 0 saturated carbocycles. The van der Waals surface area contributed by atoms with Crippen molar-refractivity contribution in [1.82, 2.24) is 4.57 Å². The molecular weight excluding hydrogens is 310 g/mol. The summed E-state index contributed by atoms with van der Waals surface area (Å²) in [4.78, 5) is 12.6. The monoisotopic (exact) mass is 327 g/mol. The molecule has 0 spiro atoms. The number of hydrogen-bond acceptors (Lipinski definition) is 2. The second kappa shape index (κ2) is 6.47. The number of nitrogens with zero attached hydrogens (tertiary/aromatic N) is 1. The molecular formula is C19H18ClNO2. The molecule has 0 aliphatic carbocycles. The maximum Gasteiger partial charge on any atom is 0.258 e. The van der Waals surface area contributed by atoms with Crippen LogP contribution in [-0.2, 0) is 6.54 Å². The minimum atomic E-state index is -0.00598. The Kier molecular flexibility index (Phi) is 4.39. The van der Waals surface area contributed by atoms with E-state index in [4.69, 9.17) is 16.3 Å². The number of hydrogen-bond donors (Lipinski definition) is 0. The summed E-state index contributed by atoms with van der Waals surface area (Å²) in [5.41, 5.74) is 1.03. The van der Waals surface area contributed by atoms with E-state index in [2.05, 4.69) is 0 Å². The van der Waals surface area contributed by atoms with Crippen molar-refractivity contribution < 1.29 is 4.74 Å². The van der Waals surface area contributed by atoms with E-state index in [1.165, 1.54) is 0 Å². The zero-order chi connectivity index (χ0) is 16.4. The predicted molar refractivity (Wildman–Crippen MR) is 94.5 cm³/mol. The first-order valence-electron chi connectivity index (χ1n) is 7.57. The lowest BCUT2D eigenvalue weighted by Crippen LogP contribution is -2.20. The van der Waals surface area contributed by atoms with Crippen LogP contribution in [0.2, 0.25) is 5.02 Å². The van der Waals surface area contributed by atoms with Crippen molar-refractivity contribution in [2.75, 3.05) is 0 Å². The van der Waals surface area contributed by atoms with E-state index in [1.54, 1.807) is 4.57 Å². The normalized spacial score (nSPS) is 11.1. The average molecular weight is 328 g/mol. The molecule has 0 unspecified atom stereocenters. The smallest absolute Gasteiger partial charge is 0.258 e. The van der Waals surface area contributed by atoms with E-state index < -0.39 is 0 Å². The summed E-state index contributed by atoms with van der Waals surface area (Å²) < 4.78 is 7.38. The number of ether oxygens (including phenoxy) is 1. The van der Waals surface area contributed by atoms with Gasteiger partial charge in [-0.3, -0.25) is 4.79 Å². The summed E-state index contributed by atoms with van der Waals surface area (Å²) in [5, 5.41) is 2.27. The summed E-state index contributed by atoms with van der Waals surface area (Å²) in [6, 6.07) is 15.0. The van der Waals surface area contributed by atoms with Gasteiger partial charge in [0.05, 0.1) is 12.6 Å². The number of pyridine rings is 1. The first-order chi connectivity index (χ1) is 11.0. The zero-order valence-corrected chi connectivity index (χ0v) is 13.9. The van der Waals surface area contributed by atoms with Crippen LogP contribution in [-0.4, -0.2) is 10.7 Å². The summed E-state index contributed by atoms with van der Waals surface area (Å²) in [5.74, 6) is 0.780. The first-order valence-corrected chi connectivity index (χ1v) is 7.95. The van der Waals surface area contributed by atoms with E-state index >= 15 is 0 Å². The third-order valence-electron chi connectivity index (χ3n) is 3.59. The van der Waals surface area contributed by atoms with Gasteiger partial charge in [-0.2, -0.15) is 0 Å². The van der Waals surface area contributed by atoms with Crippen LogP contribution in [0.4, 0.5) is 0 Å². The van der Waals surface area contributed by atoms with E-state index in [0.29, 0.717) is 17.0 Å². The SMILES string of the molecule is CC(C)Oc1ccc2c(=O)n(Cc3ccc(Cl)cc3)ccc2c1. The molecule has 3 nitrogen and oxygen atoms in total. The highest BCUT2D eigenvalue weighted by Gasteiger charge is 2.06. The molecule has 0 radical (unpaired) electrons. The molecule has 1 heterocycles. The predicted octanol–water partition coefficient (Wildman–Crippen LogP) is 4.49. The number of benzene rings is 2. The largest absolute Gasteiger partial charge is 0.491 e. The fraction of sp³-hybridized carbons (Fsp3) is 0.211. The molecule has 3 aromatic rings. The van der Waals surface area contributed by atoms with Crippen LogP contribution >= 0.6 is 11.6 Å². The lowest BCUT2D eigenvalue weighted by atomic mass is 10.1. The van der Waals surface area contributed by atoms with Crippen molar-refractivity contribution in [3.8, 4) is 5.75 Å². The van der Waals surface area contributed by atoms with Crippen molar-refractivity contribution in [3.05, 3.63) is 75.7 Å². The molecule has 2 aromatic carbocycles. The van der Waals surface area contributed by atoms with Crippen LogP contribution in [0.1, 0.15) is 19.4 Å². The van der Waals surface area contributed by atoms with Gasteiger partial charge < -0.3 is 9.30 Å². The standard InChI is InChI=1S/C19H18ClNO2/c1-13(2)23-17-7-8-18-15(11-17)9-10-21(19(18)22)12-14-3-5-16(20)6-4-14/h3-11,13H,12H2,1-2H3. The van der Waals surface area contributed by atoms with Crippen molar-refractivity contribution in [3.63, 3.8) is 0 Å². The van der Waals surface area contributed by atoms with Crippen molar-refractivity contribution in [2.45, 2.75) is 26.5 Å². The fourth-order valence-corrected chi connectivity index (χ4v) is 2.65. The van der Waals surface area contributed by atoms with Crippen molar-refractivity contribution in [1.29, 1.82) is 0 Å². The van der Waals surface area contributed by atoms with E-state index in [-0.39, 0.29) is 11.7 Å². The van der Waals surface area contributed by atoms with Crippen molar-refractivity contribution >= 4 is 22.4 Å². The number of rotatable bonds is 4. The van der Waals surface area contributed by atoms with Crippen LogP contribution in [0.15, 0.2) is 59.5 Å². The molecule has 0 fully saturated rings. The van der Waals surface area contributed by atoms with Gasteiger partial charge in [-0.1, -0.05) is 23.7 Å². The van der Waals surface area contributed by atoms with Crippen LogP contribution in [0, 0.1) is 0 Å². The molecule has 0 atom stereocenters. The van der Waals surface area contributed by atoms with E-state index in [1.807, 2.05) is 68.6 Å². The van der Waals surface area contributed by atoms with Crippen LogP contribution < -0.4 is 10.3 Å². The van der Waals surface area contributed by atoms with Gasteiger partial charge in [-0.25, -0.2) is 0 Å². The van der Waals surface area contributed by atoms with Crippen LogP contribution in [0.3, 0.4) is 0 Å². The van der Waals surface area contributed by atoms with Gasteiger partial charge in [-0.15, -0.1) is 0 Å². The first kappa shape index (κ1) is 15.6. The molecule has 0 N–H and O–H groups in total. The second-order valence-electron chi connectivity index (χ2n) is 5.79. The summed E-state index contributed by atoms with van der Waals surface area (Å²) >= 11 is 5.89. The maximum atomic E-state index is 12.6. The van der Waals surface area contributed by atoms with Gasteiger partial charge in [0.1, 0.15) is 5.75 Å². The molecule has 118 valence electrons. The van der Waals surface area contributed by atoms with Gasteiger partial charge in [0, 0.05) is 16.6 Å². The van der Waals surface area contributed by atoms with Gasteiger partial charge in [0.25, 0.3) is 5.56 Å². The quantitative estimate of drug-likeness (QED) is 0.707. The van der Waals surface area contributed by atoms with Gasteiger partial charge >= 0.3 is 0 Å². The van der Waals surface area contributed by atoms with Gasteiger partial charge in [0.2, 0.25) is 0 Å². The Bertz CT molecular complexity index is 882. The Hall–Kier alpha value is -2.26. The molecule has 4 heteroatoms. The average Bonchev–Trinajstić information content (AvgIpc) is 2.51. The van der Waals surface area contributed by atoms with E-state index in [0.717, 1.165) is 16.7 Å². The molecule has 0 amide bonds. The molecule has 1 aromatic heterocycles. The Morgan fingerprint density at radius 1 is 1.09 bits per heavy atom. The Morgan fingerprint density at radius 2 is 1.83 bits per heavy atom. The third-order valence-corrected chi connectivity index (χ3v) is 3.84. The summed E-state index contributed by atoms with van der Waals surface area (Å²) in [6.07, 6.45) is 1.93. The Labute approximate surface area is 140 Å². The molecule has 0 aliphatic rings. The van der Waals surface area contributed by atoms with E-state index in [9.17, 15) is 4.79 Å². The number of fused-ring (bicyclic) bond motifs is 1. The highest BCUT2D eigenvalue weighted by Crippen LogP contribution is 2.19. The summed E-state index contributed by atoms with van der Waals surface area (Å²) in [7, 11) is 0. The van der Waals surface area contributed by atoms with Crippen molar-refractivity contribution in [2.24, 2.45) is 0 Å². The zero-order valence-electron chi connectivity index (χ0n) is 13.1. The minimum absolute atomic E-state index is 0.00598. The fourth-order valence-electron chi connectivity index (χ4n) is 2.52. The number of halogens is 1. The Morgan fingerprint density at radius 3 is 2.52 bits per heavy atom. The topological polar surface area (TPSA) is 31.2 Å². The molecule has 23 heavy (non-hydrogen) atoms. The molecule has 0 bridgehead atoms. The molecule has 3 rings (SSSR count). The van der Waals surface area contributed by atoms with Crippen LogP contribution in [0.25, 0.3) is 10.8 Å². The van der Waals surface area contributed by atoms with Crippen LogP contribution in [0.5, 0.6) is 5.75 Å². The summed E-state index contributed by atoms with van der Waals surface area (Å²) in [6.45, 7) is 4.48. The molecule has 0 aliphatic heterocycles. The highest BCUT2D eigenvalue weighted by molar-refractivity contribution is 6.30. The minimum Gasteiger partial charge on any atom is -0.491 e. The second-order valence-corrected chi connectivity index (χ2v) is 6.23.